The minimum atomic E-state index is -0.409. The lowest BCUT2D eigenvalue weighted by Gasteiger charge is -2.05. The molecular weight excluding hydrogens is 384 g/mol. The Balaban J connectivity index is 1.43. The van der Waals surface area contributed by atoms with Gasteiger partial charge in [0.05, 0.1) is 18.0 Å². The molecule has 0 spiro atoms. The number of hydrogen-bond donors (Lipinski definition) is 0. The van der Waals surface area contributed by atoms with Crippen LogP contribution in [0.3, 0.4) is 0 Å². The van der Waals surface area contributed by atoms with Crippen LogP contribution in [0.2, 0.25) is 0 Å². The highest BCUT2D eigenvalue weighted by Gasteiger charge is 2.15. The Morgan fingerprint density at radius 1 is 1.07 bits per heavy atom. The second-order valence-electron chi connectivity index (χ2n) is 6.77. The fourth-order valence-electron chi connectivity index (χ4n) is 3.19. The Morgan fingerprint density at radius 2 is 1.87 bits per heavy atom. The molecule has 0 fully saturated rings. The van der Waals surface area contributed by atoms with Gasteiger partial charge in [-0.3, -0.25) is 0 Å². The zero-order valence-electron chi connectivity index (χ0n) is 16.9. The summed E-state index contributed by atoms with van der Waals surface area (Å²) in [5.41, 5.74) is 3.30. The van der Waals surface area contributed by atoms with Crippen LogP contribution in [-0.2, 0) is 22.4 Å². The van der Waals surface area contributed by atoms with E-state index in [0.717, 1.165) is 28.1 Å². The molecule has 0 aliphatic heterocycles. The van der Waals surface area contributed by atoms with Crippen molar-refractivity contribution in [3.63, 3.8) is 0 Å². The number of rotatable bonds is 8. The molecule has 2 aromatic heterocycles. The van der Waals surface area contributed by atoms with Crippen molar-refractivity contribution in [3.05, 3.63) is 65.7 Å². The number of aryl methyl sites for hydroxylation is 3. The molecule has 0 saturated carbocycles. The van der Waals surface area contributed by atoms with E-state index >= 15 is 0 Å². The molecule has 0 aliphatic carbocycles. The molecule has 0 bridgehead atoms. The van der Waals surface area contributed by atoms with E-state index in [9.17, 15) is 4.79 Å². The van der Waals surface area contributed by atoms with Gasteiger partial charge in [0.25, 0.3) is 0 Å². The molecule has 0 saturated heterocycles. The topological polar surface area (TPSA) is 87.6 Å². The quantitative estimate of drug-likeness (QED) is 0.398. The second kappa shape index (κ2) is 8.82. The van der Waals surface area contributed by atoms with Gasteiger partial charge in [-0.15, -0.1) is 0 Å². The summed E-state index contributed by atoms with van der Waals surface area (Å²) in [6, 6.07) is 15.2. The molecule has 0 amide bonds. The number of carbonyl (C=O) groups is 1. The first-order valence-electron chi connectivity index (χ1n) is 9.82. The zero-order chi connectivity index (χ0) is 20.9. The smallest absolute Gasteiger partial charge is 0.344 e. The van der Waals surface area contributed by atoms with E-state index in [1.165, 1.54) is 0 Å². The maximum Gasteiger partial charge on any atom is 0.344 e. The fourth-order valence-corrected chi connectivity index (χ4v) is 3.19. The molecule has 0 N–H and O–H groups in total. The summed E-state index contributed by atoms with van der Waals surface area (Å²) in [7, 11) is 0. The molecule has 7 heteroatoms. The normalized spacial score (nSPS) is 11.0. The van der Waals surface area contributed by atoms with Crippen molar-refractivity contribution in [2.45, 2.75) is 26.7 Å². The SMILES string of the molecule is CCOC(=O)COc1ccc2c(CCc3nc(-c4ccccc4)oc3C)noc2c1. The molecule has 0 unspecified atom stereocenters. The van der Waals surface area contributed by atoms with Gasteiger partial charge in [-0.05, 0) is 51.0 Å². The van der Waals surface area contributed by atoms with Crippen molar-refractivity contribution in [1.82, 2.24) is 10.1 Å². The van der Waals surface area contributed by atoms with Crippen LogP contribution in [0.15, 0.2) is 57.5 Å². The molecule has 4 rings (SSSR count). The molecule has 2 heterocycles. The van der Waals surface area contributed by atoms with Gasteiger partial charge >= 0.3 is 5.97 Å². The lowest BCUT2D eigenvalue weighted by Crippen LogP contribution is -2.14. The molecule has 0 radical (unpaired) electrons. The summed E-state index contributed by atoms with van der Waals surface area (Å²) >= 11 is 0. The van der Waals surface area contributed by atoms with Crippen LogP contribution in [0.5, 0.6) is 5.75 Å². The van der Waals surface area contributed by atoms with Crippen LogP contribution in [0.1, 0.15) is 24.1 Å². The third-order valence-electron chi connectivity index (χ3n) is 4.69. The van der Waals surface area contributed by atoms with Gasteiger partial charge in [-0.25, -0.2) is 9.78 Å². The van der Waals surface area contributed by atoms with Gasteiger partial charge in [0, 0.05) is 17.0 Å². The van der Waals surface area contributed by atoms with Crippen LogP contribution in [0, 0.1) is 6.92 Å². The van der Waals surface area contributed by atoms with Crippen LogP contribution in [0.4, 0.5) is 0 Å². The lowest BCUT2D eigenvalue weighted by molar-refractivity contribution is -0.145. The van der Waals surface area contributed by atoms with Crippen LogP contribution < -0.4 is 4.74 Å². The largest absolute Gasteiger partial charge is 0.482 e. The van der Waals surface area contributed by atoms with E-state index in [1.54, 1.807) is 19.1 Å². The Labute approximate surface area is 173 Å². The summed E-state index contributed by atoms with van der Waals surface area (Å²) in [5, 5.41) is 5.10. The summed E-state index contributed by atoms with van der Waals surface area (Å²) in [6.07, 6.45) is 1.35. The first-order chi connectivity index (χ1) is 14.6. The van der Waals surface area contributed by atoms with Crippen LogP contribution in [0.25, 0.3) is 22.4 Å². The second-order valence-corrected chi connectivity index (χ2v) is 6.77. The van der Waals surface area contributed by atoms with E-state index in [2.05, 4.69) is 10.1 Å². The molecule has 4 aromatic rings. The predicted octanol–water partition coefficient (Wildman–Crippen LogP) is 4.52. The van der Waals surface area contributed by atoms with Crippen molar-refractivity contribution < 1.29 is 23.2 Å². The van der Waals surface area contributed by atoms with Crippen molar-refractivity contribution in [2.75, 3.05) is 13.2 Å². The molecule has 30 heavy (non-hydrogen) atoms. The number of fused-ring (bicyclic) bond motifs is 1. The maximum atomic E-state index is 11.4. The van der Waals surface area contributed by atoms with E-state index in [4.69, 9.17) is 18.4 Å². The Hall–Kier alpha value is -3.61. The van der Waals surface area contributed by atoms with Crippen LogP contribution in [-0.4, -0.2) is 29.3 Å². The minimum Gasteiger partial charge on any atom is -0.482 e. The first kappa shape index (κ1) is 19.7. The number of aromatic nitrogens is 2. The Morgan fingerprint density at radius 3 is 2.67 bits per heavy atom. The van der Waals surface area contributed by atoms with E-state index < -0.39 is 5.97 Å². The van der Waals surface area contributed by atoms with Crippen molar-refractivity contribution in [3.8, 4) is 17.2 Å². The molecule has 7 nitrogen and oxygen atoms in total. The average Bonchev–Trinajstić information content (AvgIpc) is 3.34. The lowest BCUT2D eigenvalue weighted by atomic mass is 10.1. The predicted molar refractivity (Wildman–Crippen MR) is 110 cm³/mol. The zero-order valence-corrected chi connectivity index (χ0v) is 16.9. The maximum absolute atomic E-state index is 11.4. The van der Waals surface area contributed by atoms with Gasteiger partial charge in [0.15, 0.2) is 12.2 Å². The highest BCUT2D eigenvalue weighted by Crippen LogP contribution is 2.26. The molecule has 154 valence electrons. The number of esters is 1. The fraction of sp³-hybridized carbons (Fsp3) is 0.261. The van der Waals surface area contributed by atoms with Crippen molar-refractivity contribution in [1.29, 1.82) is 0 Å². The molecule has 0 aliphatic rings. The number of ether oxygens (including phenoxy) is 2. The number of oxazole rings is 1. The summed E-state index contributed by atoms with van der Waals surface area (Å²) in [5.74, 6) is 1.54. The number of hydrogen-bond acceptors (Lipinski definition) is 7. The minimum absolute atomic E-state index is 0.143. The number of nitrogens with zero attached hydrogens (tertiary/aromatic N) is 2. The van der Waals surface area contributed by atoms with Crippen molar-refractivity contribution in [2.24, 2.45) is 0 Å². The van der Waals surface area contributed by atoms with Crippen molar-refractivity contribution >= 4 is 16.9 Å². The average molecular weight is 406 g/mol. The van der Waals surface area contributed by atoms with Gasteiger partial charge in [0.1, 0.15) is 11.5 Å². The highest BCUT2D eigenvalue weighted by molar-refractivity contribution is 5.81. The van der Waals surface area contributed by atoms with Crippen LogP contribution >= 0.6 is 0 Å². The summed E-state index contributed by atoms with van der Waals surface area (Å²) < 4.78 is 21.6. The number of benzene rings is 2. The standard InChI is InChI=1S/C23H22N2O5/c1-3-27-22(26)14-28-17-9-10-18-20(25-30-21(18)13-17)12-11-19-15(2)29-23(24-19)16-7-5-4-6-8-16/h4-10,13H,3,11-12,14H2,1-2H3. The molecule has 0 atom stereocenters. The Kier molecular flexibility index (Phi) is 5.79. The van der Waals surface area contributed by atoms with Gasteiger partial charge in [-0.2, -0.15) is 0 Å². The third-order valence-corrected chi connectivity index (χ3v) is 4.69. The van der Waals surface area contributed by atoms with Gasteiger partial charge in [0.2, 0.25) is 5.89 Å². The first-order valence-corrected chi connectivity index (χ1v) is 9.82. The molecule has 2 aromatic carbocycles. The third kappa shape index (κ3) is 4.35. The highest BCUT2D eigenvalue weighted by atomic mass is 16.6. The summed E-state index contributed by atoms with van der Waals surface area (Å²) in [6.45, 7) is 3.85. The van der Waals surface area contributed by atoms with Gasteiger partial charge < -0.3 is 18.4 Å². The van der Waals surface area contributed by atoms with E-state index in [-0.39, 0.29) is 6.61 Å². The monoisotopic (exact) mass is 406 g/mol. The Bertz CT molecular complexity index is 1150. The van der Waals surface area contributed by atoms with Gasteiger partial charge in [-0.1, -0.05) is 23.4 Å². The van der Waals surface area contributed by atoms with E-state index in [1.807, 2.05) is 43.3 Å². The number of carbonyl (C=O) groups excluding carboxylic acids is 1. The van der Waals surface area contributed by atoms with E-state index in [0.29, 0.717) is 36.7 Å². The molecular formula is C23H22N2O5. The summed E-state index contributed by atoms with van der Waals surface area (Å²) in [4.78, 5) is 16.1.